The SMILES string of the molecule is CN1C(=O)[C@@]2(C(C#N)=C(N)N(c3ccc(F)cc3F)C3=C2C(=O)CC(C)(C)C3)c2ccccc21. The van der Waals surface area contributed by atoms with Crippen molar-refractivity contribution in [3.63, 3.8) is 0 Å². The van der Waals surface area contributed by atoms with Crippen LogP contribution in [0.15, 0.2) is 65.1 Å². The zero-order valence-electron chi connectivity index (χ0n) is 18.9. The highest BCUT2D eigenvalue weighted by Crippen LogP contribution is 2.58. The van der Waals surface area contributed by atoms with Crippen LogP contribution in [0.5, 0.6) is 0 Å². The highest BCUT2D eigenvalue weighted by atomic mass is 19.1. The first kappa shape index (κ1) is 21.8. The number of allylic oxidation sites excluding steroid dienone is 1. The quantitative estimate of drug-likeness (QED) is 0.694. The fraction of sp³-hybridized carbons (Fsp3) is 0.269. The molecule has 172 valence electrons. The number of ketones is 1. The Morgan fingerprint density at radius 1 is 1.06 bits per heavy atom. The lowest BCUT2D eigenvalue weighted by molar-refractivity contribution is -0.124. The lowest BCUT2D eigenvalue weighted by Crippen LogP contribution is -2.53. The van der Waals surface area contributed by atoms with Gasteiger partial charge in [0.25, 0.3) is 0 Å². The fourth-order valence-corrected chi connectivity index (χ4v) is 5.60. The summed E-state index contributed by atoms with van der Waals surface area (Å²) in [7, 11) is 1.59. The van der Waals surface area contributed by atoms with Crippen molar-refractivity contribution in [3.05, 3.63) is 82.3 Å². The number of carbonyl (C=O) groups excluding carboxylic acids is 2. The molecular weight excluding hydrogens is 438 g/mol. The smallest absolute Gasteiger partial charge is 0.247 e. The lowest BCUT2D eigenvalue weighted by atomic mass is 9.60. The third-order valence-corrected chi connectivity index (χ3v) is 6.93. The first-order valence-corrected chi connectivity index (χ1v) is 10.8. The normalized spacial score (nSPS) is 23.4. The number of nitriles is 1. The molecule has 1 spiro atoms. The Balaban J connectivity index is 1.93. The molecule has 1 aliphatic carbocycles. The highest BCUT2D eigenvalue weighted by Gasteiger charge is 2.62. The van der Waals surface area contributed by atoms with Crippen molar-refractivity contribution < 1.29 is 18.4 Å². The number of Topliss-reactive ketones (excluding diaryl/α,β-unsaturated/α-hetero) is 1. The van der Waals surface area contributed by atoms with E-state index in [0.717, 1.165) is 12.1 Å². The minimum atomic E-state index is -1.72. The summed E-state index contributed by atoms with van der Waals surface area (Å²) >= 11 is 0. The van der Waals surface area contributed by atoms with Gasteiger partial charge in [-0.25, -0.2) is 8.78 Å². The first-order valence-electron chi connectivity index (χ1n) is 10.8. The molecule has 2 aromatic carbocycles. The molecule has 0 saturated carbocycles. The Bertz CT molecular complexity index is 1400. The Hall–Kier alpha value is -3.99. The van der Waals surface area contributed by atoms with Crippen molar-refractivity contribution in [2.45, 2.75) is 32.1 Å². The van der Waals surface area contributed by atoms with Gasteiger partial charge in [0.15, 0.2) is 5.78 Å². The van der Waals surface area contributed by atoms with Gasteiger partial charge in [-0.05, 0) is 30.0 Å². The maximum absolute atomic E-state index is 15.0. The van der Waals surface area contributed by atoms with Crippen molar-refractivity contribution >= 4 is 23.1 Å². The Morgan fingerprint density at radius 2 is 1.76 bits per heavy atom. The molecule has 2 N–H and O–H groups in total. The third-order valence-electron chi connectivity index (χ3n) is 6.93. The van der Waals surface area contributed by atoms with Gasteiger partial charge in [0, 0.05) is 42.1 Å². The average Bonchev–Trinajstić information content (AvgIpc) is 2.97. The first-order chi connectivity index (χ1) is 16.0. The van der Waals surface area contributed by atoms with E-state index in [1.54, 1.807) is 31.3 Å². The molecule has 2 aliphatic heterocycles. The van der Waals surface area contributed by atoms with Gasteiger partial charge in [-0.15, -0.1) is 0 Å². The minimum Gasteiger partial charge on any atom is -0.384 e. The van der Waals surface area contributed by atoms with Gasteiger partial charge >= 0.3 is 0 Å². The molecule has 0 bridgehead atoms. The highest BCUT2D eigenvalue weighted by molar-refractivity contribution is 6.20. The van der Waals surface area contributed by atoms with Gasteiger partial charge in [-0.3, -0.25) is 14.5 Å². The number of amides is 1. The third kappa shape index (κ3) is 2.64. The van der Waals surface area contributed by atoms with Crippen molar-refractivity contribution in [2.24, 2.45) is 11.1 Å². The van der Waals surface area contributed by atoms with Crippen molar-refractivity contribution in [3.8, 4) is 6.07 Å². The molecule has 0 aromatic heterocycles. The largest absolute Gasteiger partial charge is 0.384 e. The van der Waals surface area contributed by atoms with E-state index in [-0.39, 0.29) is 34.9 Å². The zero-order valence-corrected chi connectivity index (χ0v) is 18.9. The number of nitrogens with zero attached hydrogens (tertiary/aromatic N) is 3. The molecule has 0 radical (unpaired) electrons. The average molecular weight is 460 g/mol. The van der Waals surface area contributed by atoms with Crippen LogP contribution in [0.4, 0.5) is 20.2 Å². The van der Waals surface area contributed by atoms with Crippen LogP contribution in [0.3, 0.4) is 0 Å². The summed E-state index contributed by atoms with van der Waals surface area (Å²) in [6.45, 7) is 3.80. The topological polar surface area (TPSA) is 90.4 Å². The van der Waals surface area contributed by atoms with Gasteiger partial charge < -0.3 is 10.6 Å². The van der Waals surface area contributed by atoms with Crippen LogP contribution in [0.1, 0.15) is 32.3 Å². The number of para-hydroxylation sites is 1. The monoisotopic (exact) mass is 460 g/mol. The van der Waals surface area contributed by atoms with Crippen LogP contribution in [-0.4, -0.2) is 18.7 Å². The minimum absolute atomic E-state index is 0.0911. The fourth-order valence-electron chi connectivity index (χ4n) is 5.60. The number of nitrogens with two attached hydrogens (primary N) is 1. The van der Waals surface area contributed by atoms with E-state index in [2.05, 4.69) is 6.07 Å². The molecule has 1 atom stereocenters. The molecule has 34 heavy (non-hydrogen) atoms. The molecule has 3 aliphatic rings. The Labute approximate surface area is 195 Å². The number of hydrogen-bond acceptors (Lipinski definition) is 5. The molecule has 8 heteroatoms. The van der Waals surface area contributed by atoms with Crippen molar-refractivity contribution in [1.29, 1.82) is 5.26 Å². The number of hydrogen-bond donors (Lipinski definition) is 1. The molecule has 1 amide bonds. The van der Waals surface area contributed by atoms with Crippen LogP contribution in [0.2, 0.25) is 0 Å². The van der Waals surface area contributed by atoms with E-state index in [9.17, 15) is 19.2 Å². The molecule has 0 saturated heterocycles. The second kappa shape index (κ2) is 7.00. The number of anilines is 2. The Morgan fingerprint density at radius 3 is 2.44 bits per heavy atom. The van der Waals surface area contributed by atoms with Gasteiger partial charge in [-0.1, -0.05) is 32.0 Å². The van der Waals surface area contributed by atoms with Gasteiger partial charge in [0.1, 0.15) is 28.9 Å². The number of halogens is 2. The van der Waals surface area contributed by atoms with E-state index < -0.39 is 28.4 Å². The zero-order chi connectivity index (χ0) is 24.6. The van der Waals surface area contributed by atoms with E-state index in [0.29, 0.717) is 23.4 Å². The van der Waals surface area contributed by atoms with E-state index in [4.69, 9.17) is 5.73 Å². The molecule has 2 aromatic rings. The number of likely N-dealkylation sites (N-methyl/N-ethyl adjacent to an activating group) is 1. The predicted octanol–water partition coefficient (Wildman–Crippen LogP) is 4.04. The number of benzene rings is 2. The summed E-state index contributed by atoms with van der Waals surface area (Å²) in [6.07, 6.45) is 0.441. The molecule has 5 rings (SSSR count). The molecule has 0 fully saturated rings. The van der Waals surface area contributed by atoms with E-state index >= 15 is 4.39 Å². The summed E-state index contributed by atoms with van der Waals surface area (Å²) in [6, 6.07) is 12.1. The van der Waals surface area contributed by atoms with E-state index in [1.165, 1.54) is 15.9 Å². The van der Waals surface area contributed by atoms with Crippen LogP contribution in [-0.2, 0) is 15.0 Å². The second-order valence-electron chi connectivity index (χ2n) is 9.70. The van der Waals surface area contributed by atoms with E-state index in [1.807, 2.05) is 13.8 Å². The summed E-state index contributed by atoms with van der Waals surface area (Å²) in [5, 5.41) is 10.3. The maximum atomic E-state index is 15.0. The summed E-state index contributed by atoms with van der Waals surface area (Å²) < 4.78 is 28.7. The summed E-state index contributed by atoms with van der Waals surface area (Å²) in [4.78, 5) is 30.4. The number of rotatable bonds is 1. The van der Waals surface area contributed by atoms with Crippen molar-refractivity contribution in [1.82, 2.24) is 0 Å². The molecular formula is C26H22F2N4O2. The summed E-state index contributed by atoms with van der Waals surface area (Å²) in [5.74, 6) is -2.59. The van der Waals surface area contributed by atoms with Crippen molar-refractivity contribution in [2.75, 3.05) is 16.8 Å². The van der Waals surface area contributed by atoms with Gasteiger partial charge in [0.05, 0.1) is 11.3 Å². The van der Waals surface area contributed by atoms with Crippen LogP contribution < -0.4 is 15.5 Å². The number of carbonyl (C=O) groups is 2. The van der Waals surface area contributed by atoms with Crippen LogP contribution >= 0.6 is 0 Å². The molecule has 0 unspecified atom stereocenters. The summed E-state index contributed by atoms with van der Waals surface area (Å²) in [5.41, 5.74) is 5.60. The molecule has 2 heterocycles. The second-order valence-corrected chi connectivity index (χ2v) is 9.70. The van der Waals surface area contributed by atoms with Crippen LogP contribution in [0.25, 0.3) is 0 Å². The Kier molecular flexibility index (Phi) is 4.50. The molecule has 6 nitrogen and oxygen atoms in total. The lowest BCUT2D eigenvalue weighted by Gasteiger charge is -2.46. The van der Waals surface area contributed by atoms with Gasteiger partial charge in [0.2, 0.25) is 5.91 Å². The standard InChI is InChI=1S/C26H22F2N4O2/c1-25(2)11-20-22(21(33)12-25)26(15-6-4-5-7-18(15)31(3)24(26)34)16(13-29)23(30)32(20)19-9-8-14(27)10-17(19)28/h4-10H,11-12,30H2,1-3H3/t26-/m1/s1. The van der Waals surface area contributed by atoms with Gasteiger partial charge in [-0.2, -0.15) is 5.26 Å². The maximum Gasteiger partial charge on any atom is 0.247 e. The van der Waals surface area contributed by atoms with Crippen LogP contribution in [0, 0.1) is 28.4 Å². The number of fused-ring (bicyclic) bond motifs is 3. The predicted molar refractivity (Wildman–Crippen MR) is 122 cm³/mol.